The Morgan fingerprint density at radius 2 is 1.59 bits per heavy atom. The SMILES string of the molecule is Cc1cccc(C)c1NC(=O)CN1CCN(Cc2ccc(Cl)c(Cl)c2)CC1. The number of piperazine rings is 1. The summed E-state index contributed by atoms with van der Waals surface area (Å²) < 4.78 is 0. The monoisotopic (exact) mass is 405 g/mol. The van der Waals surface area contributed by atoms with Crippen molar-refractivity contribution in [2.45, 2.75) is 20.4 Å². The fourth-order valence-electron chi connectivity index (χ4n) is 3.40. The maximum atomic E-state index is 12.4. The van der Waals surface area contributed by atoms with E-state index in [1.165, 1.54) is 0 Å². The Morgan fingerprint density at radius 3 is 2.22 bits per heavy atom. The van der Waals surface area contributed by atoms with Gasteiger partial charge in [0.25, 0.3) is 0 Å². The van der Waals surface area contributed by atoms with Crippen molar-refractivity contribution in [1.82, 2.24) is 9.80 Å². The quantitative estimate of drug-likeness (QED) is 0.801. The fraction of sp³-hybridized carbons (Fsp3) is 0.381. The number of para-hydroxylation sites is 1. The van der Waals surface area contributed by atoms with Crippen LogP contribution in [-0.2, 0) is 11.3 Å². The molecule has 2 aromatic rings. The van der Waals surface area contributed by atoms with Crippen molar-refractivity contribution >= 4 is 34.8 Å². The Bertz CT molecular complexity index is 797. The number of carbonyl (C=O) groups is 1. The molecule has 0 aliphatic carbocycles. The molecule has 1 fully saturated rings. The molecule has 4 nitrogen and oxygen atoms in total. The molecule has 0 aromatic heterocycles. The van der Waals surface area contributed by atoms with Gasteiger partial charge in [-0.3, -0.25) is 14.6 Å². The van der Waals surface area contributed by atoms with Gasteiger partial charge in [-0.25, -0.2) is 0 Å². The van der Waals surface area contributed by atoms with Crippen LogP contribution in [0.1, 0.15) is 16.7 Å². The summed E-state index contributed by atoms with van der Waals surface area (Å²) in [6, 6.07) is 11.8. The number of halogens is 2. The van der Waals surface area contributed by atoms with E-state index in [1.54, 1.807) is 0 Å². The number of benzene rings is 2. The molecular weight excluding hydrogens is 381 g/mol. The molecule has 1 amide bonds. The van der Waals surface area contributed by atoms with E-state index in [2.05, 4.69) is 15.1 Å². The third-order valence-corrected chi connectivity index (χ3v) is 5.71. The first kappa shape index (κ1) is 20.2. The van der Waals surface area contributed by atoms with Crippen LogP contribution in [0, 0.1) is 13.8 Å². The van der Waals surface area contributed by atoms with Crippen LogP contribution in [0.15, 0.2) is 36.4 Å². The first-order chi connectivity index (χ1) is 12.9. The van der Waals surface area contributed by atoms with Crippen molar-refractivity contribution in [3.8, 4) is 0 Å². The van der Waals surface area contributed by atoms with Crippen LogP contribution < -0.4 is 5.32 Å². The zero-order valence-corrected chi connectivity index (χ0v) is 17.3. The molecule has 0 saturated carbocycles. The van der Waals surface area contributed by atoms with Gasteiger partial charge in [0.1, 0.15) is 0 Å². The Labute approximate surface area is 171 Å². The first-order valence-corrected chi connectivity index (χ1v) is 9.92. The Balaban J connectivity index is 1.47. The summed E-state index contributed by atoms with van der Waals surface area (Å²) >= 11 is 12.1. The second-order valence-corrected chi connectivity index (χ2v) is 7.93. The van der Waals surface area contributed by atoms with Gasteiger partial charge in [0.15, 0.2) is 0 Å². The summed E-state index contributed by atoms with van der Waals surface area (Å²) in [5.41, 5.74) is 4.27. The third kappa shape index (κ3) is 5.45. The molecule has 1 aliphatic heterocycles. The van der Waals surface area contributed by atoms with Crippen LogP contribution in [0.3, 0.4) is 0 Å². The van der Waals surface area contributed by atoms with Crippen molar-refractivity contribution in [2.24, 2.45) is 0 Å². The molecule has 1 N–H and O–H groups in total. The highest BCUT2D eigenvalue weighted by Gasteiger charge is 2.19. The van der Waals surface area contributed by atoms with E-state index in [4.69, 9.17) is 23.2 Å². The predicted molar refractivity (Wildman–Crippen MR) is 113 cm³/mol. The third-order valence-electron chi connectivity index (χ3n) is 4.97. The number of nitrogens with one attached hydrogen (secondary N) is 1. The van der Waals surface area contributed by atoms with Crippen LogP contribution >= 0.6 is 23.2 Å². The van der Waals surface area contributed by atoms with Crippen LogP contribution in [0.5, 0.6) is 0 Å². The summed E-state index contributed by atoms with van der Waals surface area (Å²) in [5.74, 6) is 0.0466. The summed E-state index contributed by atoms with van der Waals surface area (Å²) in [4.78, 5) is 17.0. The van der Waals surface area contributed by atoms with Gasteiger partial charge in [0, 0.05) is 38.4 Å². The van der Waals surface area contributed by atoms with E-state index >= 15 is 0 Å². The molecule has 144 valence electrons. The number of anilines is 1. The highest BCUT2D eigenvalue weighted by molar-refractivity contribution is 6.42. The zero-order chi connectivity index (χ0) is 19.4. The van der Waals surface area contributed by atoms with Crippen LogP contribution in [-0.4, -0.2) is 48.4 Å². The molecule has 27 heavy (non-hydrogen) atoms. The second-order valence-electron chi connectivity index (χ2n) is 7.12. The lowest BCUT2D eigenvalue weighted by molar-refractivity contribution is -0.117. The average molecular weight is 406 g/mol. The molecule has 0 unspecified atom stereocenters. The first-order valence-electron chi connectivity index (χ1n) is 9.17. The number of carbonyl (C=O) groups excluding carboxylic acids is 1. The number of rotatable bonds is 5. The minimum Gasteiger partial charge on any atom is -0.324 e. The summed E-state index contributed by atoms with van der Waals surface area (Å²) in [6.07, 6.45) is 0. The van der Waals surface area contributed by atoms with Gasteiger partial charge in [-0.1, -0.05) is 47.5 Å². The molecule has 6 heteroatoms. The number of nitrogens with zero attached hydrogens (tertiary/aromatic N) is 2. The van der Waals surface area contributed by atoms with Crippen LogP contribution in [0.25, 0.3) is 0 Å². The maximum Gasteiger partial charge on any atom is 0.238 e. The van der Waals surface area contributed by atoms with Crippen molar-refractivity contribution < 1.29 is 4.79 Å². The molecule has 1 saturated heterocycles. The molecule has 0 radical (unpaired) electrons. The average Bonchev–Trinajstić information content (AvgIpc) is 2.63. The van der Waals surface area contributed by atoms with E-state index in [0.717, 1.165) is 55.1 Å². The standard InChI is InChI=1S/C21H25Cl2N3O/c1-15-4-3-5-16(2)21(15)24-20(27)14-26-10-8-25(9-11-26)13-17-6-7-18(22)19(23)12-17/h3-7,12H,8-11,13-14H2,1-2H3,(H,24,27). The number of hydrogen-bond acceptors (Lipinski definition) is 3. The molecule has 1 aliphatic rings. The Kier molecular flexibility index (Phi) is 6.77. The number of hydrogen-bond donors (Lipinski definition) is 1. The molecule has 3 rings (SSSR count). The highest BCUT2D eigenvalue weighted by atomic mass is 35.5. The van der Waals surface area contributed by atoms with Gasteiger partial charge in [-0.05, 0) is 42.7 Å². The van der Waals surface area contributed by atoms with Gasteiger partial charge >= 0.3 is 0 Å². The van der Waals surface area contributed by atoms with Gasteiger partial charge in [-0.15, -0.1) is 0 Å². The van der Waals surface area contributed by atoms with E-state index < -0.39 is 0 Å². The van der Waals surface area contributed by atoms with Gasteiger partial charge < -0.3 is 5.32 Å². The topological polar surface area (TPSA) is 35.6 Å². The second kappa shape index (κ2) is 9.07. The largest absolute Gasteiger partial charge is 0.324 e. The Morgan fingerprint density at radius 1 is 0.963 bits per heavy atom. The van der Waals surface area contributed by atoms with Gasteiger partial charge in [-0.2, -0.15) is 0 Å². The van der Waals surface area contributed by atoms with Crippen molar-refractivity contribution in [3.63, 3.8) is 0 Å². The maximum absolute atomic E-state index is 12.4. The normalized spacial score (nSPS) is 15.7. The van der Waals surface area contributed by atoms with E-state index in [9.17, 15) is 4.79 Å². The summed E-state index contributed by atoms with van der Waals surface area (Å²) in [6.45, 7) is 8.92. The fourth-order valence-corrected chi connectivity index (χ4v) is 3.72. The molecule has 0 spiro atoms. The lowest BCUT2D eigenvalue weighted by Crippen LogP contribution is -2.48. The lowest BCUT2D eigenvalue weighted by atomic mass is 10.1. The zero-order valence-electron chi connectivity index (χ0n) is 15.8. The highest BCUT2D eigenvalue weighted by Crippen LogP contribution is 2.23. The van der Waals surface area contributed by atoms with Crippen LogP contribution in [0.2, 0.25) is 10.0 Å². The minimum absolute atomic E-state index is 0.0466. The molecule has 2 aromatic carbocycles. The molecule has 0 atom stereocenters. The van der Waals surface area contributed by atoms with E-state index in [-0.39, 0.29) is 5.91 Å². The van der Waals surface area contributed by atoms with E-state index in [0.29, 0.717) is 16.6 Å². The van der Waals surface area contributed by atoms with Gasteiger partial charge in [0.05, 0.1) is 16.6 Å². The van der Waals surface area contributed by atoms with Crippen molar-refractivity contribution in [3.05, 3.63) is 63.1 Å². The summed E-state index contributed by atoms with van der Waals surface area (Å²) in [7, 11) is 0. The molecule has 0 bridgehead atoms. The molecular formula is C21H25Cl2N3O. The summed E-state index contributed by atoms with van der Waals surface area (Å²) in [5, 5.41) is 4.24. The van der Waals surface area contributed by atoms with Crippen molar-refractivity contribution in [1.29, 1.82) is 0 Å². The number of aryl methyl sites for hydroxylation is 2. The van der Waals surface area contributed by atoms with Gasteiger partial charge in [0.2, 0.25) is 5.91 Å². The lowest BCUT2D eigenvalue weighted by Gasteiger charge is -2.34. The van der Waals surface area contributed by atoms with E-state index in [1.807, 2.05) is 50.2 Å². The Hall–Kier alpha value is -1.59. The smallest absolute Gasteiger partial charge is 0.238 e. The van der Waals surface area contributed by atoms with Crippen molar-refractivity contribution in [2.75, 3.05) is 38.0 Å². The number of amides is 1. The predicted octanol–water partition coefficient (Wildman–Crippen LogP) is 4.37. The molecule has 1 heterocycles. The minimum atomic E-state index is 0.0466. The van der Waals surface area contributed by atoms with Crippen LogP contribution in [0.4, 0.5) is 5.69 Å².